The van der Waals surface area contributed by atoms with Crippen LogP contribution in [0, 0.1) is 69.6 Å². The van der Waals surface area contributed by atoms with Crippen molar-refractivity contribution in [3.63, 3.8) is 0 Å². The van der Waals surface area contributed by atoms with Crippen LogP contribution < -0.4 is 37.9 Å². The minimum atomic E-state index is -0.940. The summed E-state index contributed by atoms with van der Waals surface area (Å²) in [5, 5.41) is 55.6. The van der Waals surface area contributed by atoms with Gasteiger partial charge in [-0.3, -0.25) is 9.48 Å². The molecule has 2 heterocycles. The van der Waals surface area contributed by atoms with Gasteiger partial charge in [0.25, 0.3) is 0 Å². The normalized spacial score (nSPS) is 14.2. The van der Waals surface area contributed by atoms with Gasteiger partial charge in [0.05, 0.1) is 108 Å². The predicted octanol–water partition coefficient (Wildman–Crippen LogP) is 19.1. The van der Waals surface area contributed by atoms with E-state index >= 15 is 0 Å². The fraction of sp³-hybridized carbons (Fsp3) is 0.478. The first kappa shape index (κ1) is 83.6. The minimum absolute atomic E-state index is 0.0732. The third-order valence-corrected chi connectivity index (χ3v) is 20.1. The van der Waals surface area contributed by atoms with Gasteiger partial charge in [0, 0.05) is 70.1 Å². The number of hydroxylamine groups is 6. The van der Waals surface area contributed by atoms with Crippen molar-refractivity contribution in [2.24, 2.45) is 0 Å². The number of benzene rings is 6. The number of hydrogen-bond acceptors (Lipinski definition) is 12. The summed E-state index contributed by atoms with van der Waals surface area (Å²) < 4.78 is 54.3. The lowest BCUT2D eigenvalue weighted by Gasteiger charge is -2.32. The van der Waals surface area contributed by atoms with Crippen LogP contribution in [0.15, 0.2) is 97.1 Å². The SMILES string of the molecule is CCCCOc1cc(C#Cc2cc(OCCCC)c(C#Cc3cc(OCCCC)c(C#Cc4cc(OCCCC)c(C#Cc5ccc(C6=[N+]([O-])C(C)(C)C(C)(C)N6[O])cc5)cc4OCCCC)cc3OCCCC)cc2OCCCC)c(OCCCC)cc1C#Cc1ccc(C2=[N+]([O-])C(C)(C)C(C)(C)N2[O])cc1. The zero-order valence-electron chi connectivity index (χ0n) is 66.9. The lowest BCUT2D eigenvalue weighted by Crippen LogP contribution is -2.53. The Morgan fingerprint density at radius 3 is 0.602 bits per heavy atom. The molecule has 0 bridgehead atoms. The van der Waals surface area contributed by atoms with Crippen molar-refractivity contribution in [3.05, 3.63) is 174 Å². The molecule has 6 aromatic rings. The Kier molecular flexibility index (Phi) is 30.7. The van der Waals surface area contributed by atoms with Crippen molar-refractivity contribution in [1.29, 1.82) is 0 Å². The summed E-state index contributed by atoms with van der Waals surface area (Å²) in [7, 11) is 0. The molecule has 16 nitrogen and oxygen atoms in total. The maximum absolute atomic E-state index is 13.5. The van der Waals surface area contributed by atoms with Gasteiger partial charge in [-0.1, -0.05) is 176 Å². The van der Waals surface area contributed by atoms with Gasteiger partial charge in [-0.25, -0.2) is 0 Å². The molecule has 8 rings (SSSR count). The first-order valence-corrected chi connectivity index (χ1v) is 39.1. The Balaban J connectivity index is 1.20. The maximum atomic E-state index is 13.5. The van der Waals surface area contributed by atoms with Crippen molar-refractivity contribution in [2.75, 3.05) is 52.9 Å². The first-order valence-electron chi connectivity index (χ1n) is 39.1. The summed E-state index contributed by atoms with van der Waals surface area (Å²) in [6, 6.07) is 29.6. The molecule has 0 saturated carbocycles. The summed E-state index contributed by atoms with van der Waals surface area (Å²) in [4.78, 5) is 0. The first-order chi connectivity index (χ1) is 51.9. The Morgan fingerprint density at radius 2 is 0.454 bits per heavy atom. The lowest BCUT2D eigenvalue weighted by atomic mass is 9.84. The standard InChI is InChI=1S/C92H112N4O12/c1-17-25-51-101-79-61-73(81(103-53-27-19-3)59-71(79)43-37-67-33-39-69(40-34-67)87-93(97)89(9,10)90(11,12)94(87)98)45-47-75-63-85(107-57-31-23-7)77(65-83(75)105-55-29-21-5)49-50-78-66-84(106-56-30-22-6)76(64-86(78)108-58-32-24-8)48-46-74-62-80(102-52-26-18-2)72(60-82(74)104-54-28-20-4)44-38-68-35-41-70(42-36-68)88-95(99)91(13,14)92(15,16)96(88)100/h33-36,39-42,59-66H,17-32,51-58H2,1-16H3. The average molecular weight is 1470 g/mol. The molecule has 108 heavy (non-hydrogen) atoms. The maximum Gasteiger partial charge on any atom is 0.316 e. The molecule has 572 valence electrons. The van der Waals surface area contributed by atoms with Gasteiger partial charge in [-0.15, -0.1) is 0 Å². The summed E-state index contributed by atoms with van der Waals surface area (Å²) in [6.45, 7) is 34.9. The Bertz CT molecular complexity index is 4170. The fourth-order valence-corrected chi connectivity index (χ4v) is 11.4. The highest BCUT2D eigenvalue weighted by molar-refractivity contribution is 5.97. The van der Waals surface area contributed by atoms with Crippen LogP contribution in [0.2, 0.25) is 0 Å². The van der Waals surface area contributed by atoms with E-state index in [1.54, 1.807) is 79.7 Å². The van der Waals surface area contributed by atoms with E-state index in [-0.39, 0.29) is 11.7 Å². The van der Waals surface area contributed by atoms with Crippen LogP contribution in [-0.2, 0) is 10.4 Å². The largest absolute Gasteiger partial charge is 0.714 e. The molecular formula is C92H112N4O12. The molecule has 2 radical (unpaired) electrons. The van der Waals surface area contributed by atoms with E-state index in [0.29, 0.717) is 166 Å². The summed E-state index contributed by atoms with van der Waals surface area (Å²) in [5.41, 5.74) is 3.56. The van der Waals surface area contributed by atoms with Gasteiger partial charge in [0.2, 0.25) is 0 Å². The minimum Gasteiger partial charge on any atom is -0.714 e. The summed E-state index contributed by atoms with van der Waals surface area (Å²) >= 11 is 0. The van der Waals surface area contributed by atoms with E-state index in [9.17, 15) is 20.8 Å². The molecule has 0 atom stereocenters. The summed E-state index contributed by atoms with van der Waals surface area (Å²) in [5.74, 6) is 38.8. The monoisotopic (exact) mass is 1460 g/mol. The van der Waals surface area contributed by atoms with E-state index in [2.05, 4.69) is 115 Å². The second kappa shape index (κ2) is 39.7. The Labute approximate surface area is 644 Å². The van der Waals surface area contributed by atoms with Gasteiger partial charge in [0.15, 0.2) is 11.1 Å². The molecule has 2 aliphatic rings. The molecule has 0 N–H and O–H groups in total. The Morgan fingerprint density at radius 1 is 0.287 bits per heavy atom. The van der Waals surface area contributed by atoms with Gasteiger partial charge in [0.1, 0.15) is 57.1 Å². The third kappa shape index (κ3) is 20.6. The number of ether oxygens (including phenoxy) is 8. The topological polar surface area (TPSA) is 172 Å². The summed E-state index contributed by atoms with van der Waals surface area (Å²) in [6.07, 6.45) is 14.0. The predicted molar refractivity (Wildman–Crippen MR) is 429 cm³/mol. The molecular weight excluding hydrogens is 1350 g/mol. The van der Waals surface area contributed by atoms with Crippen molar-refractivity contribution in [3.8, 4) is 105 Å². The molecule has 0 spiro atoms. The second-order valence-corrected chi connectivity index (χ2v) is 29.5. The van der Waals surface area contributed by atoms with E-state index in [1.807, 2.05) is 72.8 Å². The van der Waals surface area contributed by atoms with Crippen LogP contribution in [0.3, 0.4) is 0 Å². The van der Waals surface area contributed by atoms with E-state index in [1.165, 1.54) is 0 Å². The molecule has 0 amide bonds. The van der Waals surface area contributed by atoms with Crippen LogP contribution in [0.4, 0.5) is 0 Å². The molecule has 0 aliphatic carbocycles. The van der Waals surface area contributed by atoms with Crippen LogP contribution >= 0.6 is 0 Å². The van der Waals surface area contributed by atoms with Gasteiger partial charge in [-0.05, 0) is 155 Å². The highest BCUT2D eigenvalue weighted by Crippen LogP contribution is 2.40. The fourth-order valence-electron chi connectivity index (χ4n) is 11.4. The molecule has 0 fully saturated rings. The van der Waals surface area contributed by atoms with E-state index in [0.717, 1.165) is 122 Å². The van der Waals surface area contributed by atoms with Crippen LogP contribution in [0.1, 0.15) is 280 Å². The number of rotatable bonds is 34. The van der Waals surface area contributed by atoms with Crippen LogP contribution in [0.5, 0.6) is 46.0 Å². The van der Waals surface area contributed by atoms with Gasteiger partial charge >= 0.3 is 11.7 Å². The number of amidine groups is 2. The molecule has 0 aromatic heterocycles. The van der Waals surface area contributed by atoms with E-state index in [4.69, 9.17) is 37.9 Å². The molecule has 0 saturated heterocycles. The molecule has 2 aliphatic heterocycles. The third-order valence-electron chi connectivity index (χ3n) is 20.1. The van der Waals surface area contributed by atoms with E-state index < -0.39 is 22.2 Å². The molecule has 6 aromatic carbocycles. The second-order valence-electron chi connectivity index (χ2n) is 29.5. The van der Waals surface area contributed by atoms with Crippen molar-refractivity contribution in [2.45, 2.75) is 236 Å². The highest BCUT2D eigenvalue weighted by Gasteiger charge is 2.61. The van der Waals surface area contributed by atoms with Crippen molar-refractivity contribution >= 4 is 11.7 Å². The Hall–Kier alpha value is -10.0. The molecule has 0 unspecified atom stereocenters. The lowest BCUT2D eigenvalue weighted by molar-refractivity contribution is -0.539. The quantitative estimate of drug-likeness (QED) is 0.0162. The van der Waals surface area contributed by atoms with Gasteiger partial charge in [-0.2, -0.15) is 0 Å². The highest BCUT2D eigenvalue weighted by atomic mass is 16.6. The van der Waals surface area contributed by atoms with Gasteiger partial charge < -0.3 is 48.3 Å². The zero-order valence-corrected chi connectivity index (χ0v) is 66.9. The van der Waals surface area contributed by atoms with Crippen LogP contribution in [-0.4, -0.2) is 106 Å². The number of unbranched alkanes of at least 4 members (excludes halogenated alkanes) is 8. The van der Waals surface area contributed by atoms with Crippen molar-refractivity contribution in [1.82, 2.24) is 10.1 Å². The number of nitrogens with zero attached hydrogens (tertiary/aromatic N) is 4. The van der Waals surface area contributed by atoms with Crippen LogP contribution in [0.25, 0.3) is 0 Å². The zero-order chi connectivity index (χ0) is 78.0. The molecule has 16 heteroatoms. The van der Waals surface area contributed by atoms with Crippen molar-refractivity contribution < 1.29 is 57.8 Å². The smallest absolute Gasteiger partial charge is 0.316 e. The average Bonchev–Trinajstić information content (AvgIpc) is 1.58. The number of hydrogen-bond donors (Lipinski definition) is 0.